The van der Waals surface area contributed by atoms with E-state index in [1.807, 2.05) is 4.90 Å². The number of aliphatic hydroxyl groups is 1. The summed E-state index contributed by atoms with van der Waals surface area (Å²) >= 11 is 0. The van der Waals surface area contributed by atoms with E-state index in [9.17, 15) is 19.1 Å². The van der Waals surface area contributed by atoms with Crippen molar-refractivity contribution in [1.29, 1.82) is 0 Å². The third-order valence-corrected chi connectivity index (χ3v) is 5.98. The Labute approximate surface area is 160 Å². The summed E-state index contributed by atoms with van der Waals surface area (Å²) in [7, 11) is 0. The fraction of sp³-hybridized carbons (Fsp3) is 0.619. The average molecular weight is 376 g/mol. The van der Waals surface area contributed by atoms with Crippen molar-refractivity contribution in [2.75, 3.05) is 26.2 Å². The number of hydrogen-bond acceptors (Lipinski definition) is 3. The van der Waals surface area contributed by atoms with Crippen LogP contribution in [0.5, 0.6) is 0 Å². The normalized spacial score (nSPS) is 20.8. The molecule has 1 N–H and O–H groups in total. The lowest BCUT2D eigenvalue weighted by Gasteiger charge is -2.47. The van der Waals surface area contributed by atoms with Crippen LogP contribution >= 0.6 is 0 Å². The monoisotopic (exact) mass is 376 g/mol. The standard InChI is InChI=1S/C21H29FN2O3/c1-16(25)14-24-15-21(9-8-20(24)27)10-12-23(13-11-21)19(26)7-6-17-4-2-3-5-18(17)22/h2-5,16,25H,6-15H2,1H3/t16-/m0/s1. The maximum Gasteiger partial charge on any atom is 0.222 e. The van der Waals surface area contributed by atoms with Gasteiger partial charge in [0, 0.05) is 39.0 Å². The van der Waals surface area contributed by atoms with Gasteiger partial charge < -0.3 is 14.9 Å². The van der Waals surface area contributed by atoms with E-state index < -0.39 is 6.10 Å². The summed E-state index contributed by atoms with van der Waals surface area (Å²) in [4.78, 5) is 28.3. The molecule has 0 saturated carbocycles. The third-order valence-electron chi connectivity index (χ3n) is 5.98. The van der Waals surface area contributed by atoms with Crippen molar-refractivity contribution in [2.24, 2.45) is 5.41 Å². The topological polar surface area (TPSA) is 60.9 Å². The van der Waals surface area contributed by atoms with E-state index in [2.05, 4.69) is 0 Å². The molecule has 148 valence electrons. The van der Waals surface area contributed by atoms with Crippen LogP contribution in [0.1, 0.15) is 44.6 Å². The van der Waals surface area contributed by atoms with E-state index in [0.29, 0.717) is 51.0 Å². The molecule has 0 aliphatic carbocycles. The number of carbonyl (C=O) groups excluding carboxylic acids is 2. The molecule has 1 spiro atoms. The van der Waals surface area contributed by atoms with Crippen molar-refractivity contribution in [3.8, 4) is 0 Å². The molecular formula is C21H29FN2O3. The number of aryl methyl sites for hydroxylation is 1. The van der Waals surface area contributed by atoms with Gasteiger partial charge in [-0.15, -0.1) is 0 Å². The lowest BCUT2D eigenvalue weighted by atomic mass is 9.72. The van der Waals surface area contributed by atoms with Gasteiger partial charge in [0.05, 0.1) is 6.10 Å². The highest BCUT2D eigenvalue weighted by atomic mass is 19.1. The summed E-state index contributed by atoms with van der Waals surface area (Å²) in [6.45, 7) is 4.13. The number of likely N-dealkylation sites (tertiary alicyclic amines) is 2. The second-order valence-corrected chi connectivity index (χ2v) is 8.10. The van der Waals surface area contributed by atoms with E-state index in [-0.39, 0.29) is 23.0 Å². The predicted octanol–water partition coefficient (Wildman–Crippen LogP) is 2.37. The molecule has 2 aliphatic rings. The van der Waals surface area contributed by atoms with Gasteiger partial charge in [-0.3, -0.25) is 9.59 Å². The summed E-state index contributed by atoms with van der Waals surface area (Å²) in [5, 5.41) is 9.62. The minimum absolute atomic E-state index is 0.0606. The van der Waals surface area contributed by atoms with Crippen LogP contribution < -0.4 is 0 Å². The highest BCUT2D eigenvalue weighted by Gasteiger charge is 2.41. The van der Waals surface area contributed by atoms with Gasteiger partial charge >= 0.3 is 0 Å². The second-order valence-electron chi connectivity index (χ2n) is 8.10. The van der Waals surface area contributed by atoms with Crippen LogP contribution in [0.2, 0.25) is 0 Å². The van der Waals surface area contributed by atoms with Gasteiger partial charge in [0.2, 0.25) is 11.8 Å². The summed E-state index contributed by atoms with van der Waals surface area (Å²) < 4.78 is 13.7. The molecule has 2 aliphatic heterocycles. The van der Waals surface area contributed by atoms with Crippen LogP contribution in [0.3, 0.4) is 0 Å². The number of halogens is 1. The van der Waals surface area contributed by atoms with Gasteiger partial charge in [-0.25, -0.2) is 4.39 Å². The molecule has 0 bridgehead atoms. The Morgan fingerprint density at radius 1 is 1.26 bits per heavy atom. The molecule has 5 nitrogen and oxygen atoms in total. The van der Waals surface area contributed by atoms with Crippen molar-refractivity contribution >= 4 is 11.8 Å². The molecule has 0 radical (unpaired) electrons. The van der Waals surface area contributed by atoms with Crippen molar-refractivity contribution < 1.29 is 19.1 Å². The number of hydrogen-bond donors (Lipinski definition) is 1. The number of piperidine rings is 2. The number of nitrogens with zero attached hydrogens (tertiary/aromatic N) is 2. The molecule has 3 rings (SSSR count). The van der Waals surface area contributed by atoms with Crippen LogP contribution in [0.25, 0.3) is 0 Å². The Kier molecular flexibility index (Phi) is 6.15. The highest BCUT2D eigenvalue weighted by Crippen LogP contribution is 2.40. The molecule has 6 heteroatoms. The Hall–Kier alpha value is -1.95. The lowest BCUT2D eigenvalue weighted by molar-refractivity contribution is -0.143. The Morgan fingerprint density at radius 3 is 2.63 bits per heavy atom. The Bertz CT molecular complexity index is 684. The van der Waals surface area contributed by atoms with Crippen molar-refractivity contribution in [3.63, 3.8) is 0 Å². The molecule has 2 fully saturated rings. The second kappa shape index (κ2) is 8.38. The number of aliphatic hydroxyl groups excluding tert-OH is 1. The smallest absolute Gasteiger partial charge is 0.222 e. The fourth-order valence-electron chi connectivity index (χ4n) is 4.33. The molecule has 2 heterocycles. The zero-order valence-corrected chi connectivity index (χ0v) is 16.0. The van der Waals surface area contributed by atoms with Gasteiger partial charge in [0.25, 0.3) is 0 Å². The molecular weight excluding hydrogens is 347 g/mol. The van der Waals surface area contributed by atoms with Crippen LogP contribution in [-0.2, 0) is 16.0 Å². The largest absolute Gasteiger partial charge is 0.392 e. The van der Waals surface area contributed by atoms with Gasteiger partial charge in [-0.1, -0.05) is 18.2 Å². The molecule has 27 heavy (non-hydrogen) atoms. The number of benzene rings is 1. The lowest BCUT2D eigenvalue weighted by Crippen LogP contribution is -2.53. The highest BCUT2D eigenvalue weighted by molar-refractivity contribution is 5.78. The van der Waals surface area contributed by atoms with E-state index >= 15 is 0 Å². The molecule has 1 aromatic carbocycles. The summed E-state index contributed by atoms with van der Waals surface area (Å²) in [6.07, 6.45) is 3.35. The first-order valence-corrected chi connectivity index (χ1v) is 9.86. The van der Waals surface area contributed by atoms with E-state index in [0.717, 1.165) is 19.3 Å². The van der Waals surface area contributed by atoms with Gasteiger partial charge in [0.15, 0.2) is 0 Å². The first kappa shape index (κ1) is 19.8. The van der Waals surface area contributed by atoms with Crippen LogP contribution in [0.4, 0.5) is 4.39 Å². The van der Waals surface area contributed by atoms with Crippen molar-refractivity contribution in [2.45, 2.75) is 51.6 Å². The van der Waals surface area contributed by atoms with Gasteiger partial charge in [-0.2, -0.15) is 0 Å². The minimum Gasteiger partial charge on any atom is -0.392 e. The summed E-state index contributed by atoms with van der Waals surface area (Å²) in [5.41, 5.74) is 0.643. The summed E-state index contributed by atoms with van der Waals surface area (Å²) in [5.74, 6) is -0.0706. The van der Waals surface area contributed by atoms with Crippen LogP contribution in [0, 0.1) is 11.2 Å². The first-order valence-electron chi connectivity index (χ1n) is 9.86. The average Bonchev–Trinajstić information content (AvgIpc) is 2.64. The predicted molar refractivity (Wildman–Crippen MR) is 100 cm³/mol. The Balaban J connectivity index is 1.51. The molecule has 1 aromatic rings. The first-order chi connectivity index (χ1) is 12.9. The van der Waals surface area contributed by atoms with E-state index in [4.69, 9.17) is 0 Å². The quantitative estimate of drug-likeness (QED) is 0.858. The number of amides is 2. The maximum atomic E-state index is 13.7. The number of rotatable bonds is 5. The van der Waals surface area contributed by atoms with E-state index in [1.54, 1.807) is 30.0 Å². The number of carbonyl (C=O) groups is 2. The SMILES string of the molecule is C[C@H](O)CN1CC2(CCC1=O)CCN(C(=O)CCc1ccccc1F)CC2. The minimum atomic E-state index is -0.524. The maximum absolute atomic E-state index is 13.7. The molecule has 2 amide bonds. The van der Waals surface area contributed by atoms with Gasteiger partial charge in [0.1, 0.15) is 5.82 Å². The molecule has 0 unspecified atom stereocenters. The third kappa shape index (κ3) is 4.86. The Morgan fingerprint density at radius 2 is 1.96 bits per heavy atom. The number of β-amino-alcohol motifs (C(OH)–C–C–N with tert-alkyl or cyclic N) is 1. The van der Waals surface area contributed by atoms with Crippen LogP contribution in [-0.4, -0.2) is 59.0 Å². The summed E-state index contributed by atoms with van der Waals surface area (Å²) in [6, 6.07) is 6.59. The molecule has 2 saturated heterocycles. The molecule has 1 atom stereocenters. The zero-order chi connectivity index (χ0) is 19.4. The van der Waals surface area contributed by atoms with Gasteiger partial charge in [-0.05, 0) is 49.7 Å². The fourth-order valence-corrected chi connectivity index (χ4v) is 4.33. The molecule has 0 aromatic heterocycles. The van der Waals surface area contributed by atoms with Crippen molar-refractivity contribution in [1.82, 2.24) is 9.80 Å². The van der Waals surface area contributed by atoms with Crippen molar-refractivity contribution in [3.05, 3.63) is 35.6 Å². The van der Waals surface area contributed by atoms with E-state index in [1.165, 1.54) is 6.07 Å². The van der Waals surface area contributed by atoms with Crippen LogP contribution in [0.15, 0.2) is 24.3 Å². The zero-order valence-electron chi connectivity index (χ0n) is 16.0.